The maximum Gasteiger partial charge on any atom is 0.174 e. The lowest BCUT2D eigenvalue weighted by Gasteiger charge is -1.93. The van der Waals surface area contributed by atoms with Crippen LogP contribution in [0, 0.1) is 0 Å². The second-order valence-electron chi connectivity index (χ2n) is 2.39. The number of hydrogen-bond acceptors (Lipinski definition) is 3. The first kappa shape index (κ1) is 9.89. The summed E-state index contributed by atoms with van der Waals surface area (Å²) in [5, 5.41) is 1.00. The first-order chi connectivity index (χ1) is 5.81. The molecule has 3 N–H and O–H groups in total. The summed E-state index contributed by atoms with van der Waals surface area (Å²) in [5.41, 5.74) is 5.22. The fraction of sp³-hybridized carbons (Fsp3) is 0.500. The molecule has 0 aliphatic carbocycles. The molecule has 0 bridgehead atoms. The van der Waals surface area contributed by atoms with Crippen molar-refractivity contribution in [2.24, 2.45) is 0 Å². The number of hydrogen-bond donors (Lipinski definition) is 1. The van der Waals surface area contributed by atoms with Gasteiger partial charge in [-0.25, -0.2) is 0 Å². The van der Waals surface area contributed by atoms with E-state index in [1.807, 2.05) is 0 Å². The van der Waals surface area contributed by atoms with E-state index in [1.165, 1.54) is 9.77 Å². The van der Waals surface area contributed by atoms with E-state index < -0.39 is 0 Å². The zero-order chi connectivity index (χ0) is 8.97. The van der Waals surface area contributed by atoms with Gasteiger partial charge in [0.25, 0.3) is 0 Å². The first-order valence-electron chi connectivity index (χ1n) is 3.81. The van der Waals surface area contributed by atoms with Crippen molar-refractivity contribution < 1.29 is 10.5 Å². The minimum absolute atomic E-state index is 0.952. The van der Waals surface area contributed by atoms with Gasteiger partial charge in [0.2, 0.25) is 0 Å². The highest BCUT2D eigenvalue weighted by atomic mass is 32.2. The van der Waals surface area contributed by atoms with E-state index >= 15 is 0 Å². The molecule has 1 rings (SSSR count). The van der Waals surface area contributed by atoms with Gasteiger partial charge in [-0.2, -0.15) is 0 Å². The Hall–Kier alpha value is -0.190. The van der Waals surface area contributed by atoms with Crippen molar-refractivity contribution >= 4 is 23.1 Å². The second kappa shape index (κ2) is 4.74. The summed E-state index contributed by atoms with van der Waals surface area (Å²) in [4.78, 5) is 0. The molecule has 0 unspecified atom stereocenters. The Balaban J connectivity index is 2.84. The van der Waals surface area contributed by atoms with Crippen LogP contribution < -0.4 is 10.5 Å². The summed E-state index contributed by atoms with van der Waals surface area (Å²) in [5.74, 6) is 0. The molecule has 68 valence electrons. The molecular formula is C8H14NOS2+. The molecule has 4 heteroatoms. The largest absolute Gasteiger partial charge is 0.487 e. The van der Waals surface area contributed by atoms with Crippen molar-refractivity contribution in [3.05, 3.63) is 11.6 Å². The van der Waals surface area contributed by atoms with E-state index in [4.69, 9.17) is 4.74 Å². The van der Waals surface area contributed by atoms with Crippen LogP contribution in [0.15, 0.2) is 10.3 Å². The third-order valence-corrected chi connectivity index (χ3v) is 3.90. The Morgan fingerprint density at radius 2 is 2.42 bits per heavy atom. The number of quaternary nitrogens is 1. The molecule has 1 aromatic rings. The minimum atomic E-state index is 0.952. The van der Waals surface area contributed by atoms with E-state index in [9.17, 15) is 0 Å². The quantitative estimate of drug-likeness (QED) is 0.750. The fourth-order valence-electron chi connectivity index (χ4n) is 1.03. The van der Waals surface area contributed by atoms with Crippen molar-refractivity contribution in [2.45, 2.75) is 10.6 Å². The van der Waals surface area contributed by atoms with Gasteiger partial charge in [0.1, 0.15) is 0 Å². The van der Waals surface area contributed by atoms with Crippen molar-refractivity contribution in [3.63, 3.8) is 0 Å². The van der Waals surface area contributed by atoms with Crippen molar-refractivity contribution in [1.29, 1.82) is 0 Å². The molecule has 12 heavy (non-hydrogen) atoms. The molecule has 0 fully saturated rings. The molecule has 1 aromatic heterocycles. The Labute approximate surface area is 81.1 Å². The van der Waals surface area contributed by atoms with Crippen LogP contribution in [0.25, 0.3) is 0 Å². The van der Waals surface area contributed by atoms with E-state index in [0.29, 0.717) is 0 Å². The molecule has 2 nitrogen and oxygen atoms in total. The van der Waals surface area contributed by atoms with Crippen LogP contribution >= 0.6 is 23.1 Å². The number of thiophene rings is 1. The molecule has 0 saturated carbocycles. The monoisotopic (exact) mass is 204 g/mol. The predicted octanol–water partition coefficient (Wildman–Crippen LogP) is 1.26. The summed E-state index contributed by atoms with van der Waals surface area (Å²) in [7, 11) is 1.71. The zero-order valence-electron chi connectivity index (χ0n) is 7.42. The van der Waals surface area contributed by atoms with Gasteiger partial charge in [0, 0.05) is 6.42 Å². The van der Waals surface area contributed by atoms with Crippen molar-refractivity contribution in [1.82, 2.24) is 0 Å². The van der Waals surface area contributed by atoms with Gasteiger partial charge in [-0.3, -0.25) is 0 Å². The highest BCUT2D eigenvalue weighted by Crippen LogP contribution is 2.35. The smallest absolute Gasteiger partial charge is 0.174 e. The Kier molecular flexibility index (Phi) is 3.91. The minimum Gasteiger partial charge on any atom is -0.487 e. The molecule has 1 heterocycles. The van der Waals surface area contributed by atoms with Crippen LogP contribution in [0.5, 0.6) is 5.06 Å². The summed E-state index contributed by atoms with van der Waals surface area (Å²) < 4.78 is 6.53. The number of ether oxygens (including phenoxy) is 1. The number of rotatable bonds is 4. The second-order valence-corrected chi connectivity index (χ2v) is 4.48. The third-order valence-electron chi connectivity index (χ3n) is 1.58. The molecule has 0 atom stereocenters. The van der Waals surface area contributed by atoms with E-state index in [0.717, 1.165) is 18.0 Å². The summed E-state index contributed by atoms with van der Waals surface area (Å²) >= 11 is 3.49. The Morgan fingerprint density at radius 3 is 2.92 bits per heavy atom. The lowest BCUT2D eigenvalue weighted by molar-refractivity contribution is -0.366. The third kappa shape index (κ3) is 2.15. The maximum absolute atomic E-state index is 5.17. The van der Waals surface area contributed by atoms with Crippen LogP contribution in [0.4, 0.5) is 0 Å². The van der Waals surface area contributed by atoms with Gasteiger partial charge in [-0.1, -0.05) is 11.3 Å². The molecule has 0 spiro atoms. The summed E-state index contributed by atoms with van der Waals surface area (Å²) in [6.07, 6.45) is 3.15. The Morgan fingerprint density at radius 1 is 1.67 bits per heavy atom. The fourth-order valence-corrected chi connectivity index (χ4v) is 2.79. The topological polar surface area (TPSA) is 36.9 Å². The van der Waals surface area contributed by atoms with Crippen LogP contribution in [0.2, 0.25) is 0 Å². The normalized spacial score (nSPS) is 10.2. The molecule has 0 aliphatic heterocycles. The van der Waals surface area contributed by atoms with Gasteiger partial charge < -0.3 is 10.5 Å². The van der Waals surface area contributed by atoms with Crippen molar-refractivity contribution in [2.75, 3.05) is 19.9 Å². The van der Waals surface area contributed by atoms with E-state index in [-0.39, 0.29) is 0 Å². The lowest BCUT2D eigenvalue weighted by atomic mass is 10.2. The van der Waals surface area contributed by atoms with Crippen LogP contribution in [-0.4, -0.2) is 19.9 Å². The summed E-state index contributed by atoms with van der Waals surface area (Å²) in [6.45, 7) is 0.952. The maximum atomic E-state index is 5.17. The first-order valence-corrected chi connectivity index (χ1v) is 5.86. The highest BCUT2D eigenvalue weighted by molar-refractivity contribution is 8.00. The van der Waals surface area contributed by atoms with Gasteiger partial charge in [0.05, 0.1) is 17.9 Å². The molecule has 0 aromatic carbocycles. The van der Waals surface area contributed by atoms with Crippen LogP contribution in [0.1, 0.15) is 5.56 Å². The molecule has 0 saturated heterocycles. The SMILES string of the molecule is COc1cc(CC[NH3+])c(SC)s1. The number of methoxy groups -OCH3 is 1. The van der Waals surface area contributed by atoms with Gasteiger partial charge in [-0.15, -0.1) is 11.8 Å². The van der Waals surface area contributed by atoms with Crippen LogP contribution in [0.3, 0.4) is 0 Å². The zero-order valence-corrected chi connectivity index (χ0v) is 9.06. The lowest BCUT2D eigenvalue weighted by Crippen LogP contribution is -2.51. The predicted molar refractivity (Wildman–Crippen MR) is 54.1 cm³/mol. The van der Waals surface area contributed by atoms with Gasteiger partial charge in [-0.05, 0) is 17.9 Å². The molecule has 0 amide bonds. The average molecular weight is 204 g/mol. The van der Waals surface area contributed by atoms with Crippen LogP contribution in [-0.2, 0) is 6.42 Å². The standard InChI is InChI=1S/C8H13NOS2/c1-10-7-5-6(3-4-9)8(11-2)12-7/h5H,3-4,9H2,1-2H3/p+1. The van der Waals surface area contributed by atoms with Gasteiger partial charge in [0.15, 0.2) is 5.06 Å². The highest BCUT2D eigenvalue weighted by Gasteiger charge is 2.07. The molecular weight excluding hydrogens is 190 g/mol. The molecule has 0 radical (unpaired) electrons. The number of thioether (sulfide) groups is 1. The summed E-state index contributed by atoms with van der Waals surface area (Å²) in [6, 6.07) is 2.11. The average Bonchev–Trinajstić information content (AvgIpc) is 2.48. The van der Waals surface area contributed by atoms with Crippen molar-refractivity contribution in [3.8, 4) is 5.06 Å². The Bertz CT molecular complexity index is 247. The van der Waals surface area contributed by atoms with Gasteiger partial charge >= 0.3 is 0 Å². The molecule has 0 aliphatic rings. The van der Waals surface area contributed by atoms with E-state index in [1.54, 1.807) is 30.2 Å². The van der Waals surface area contributed by atoms with E-state index in [2.05, 4.69) is 18.1 Å².